The number of aliphatic hydroxyl groups excluding tert-OH is 1. The first-order valence-electron chi connectivity index (χ1n) is 7.37. The second-order valence-corrected chi connectivity index (χ2v) is 6.52. The summed E-state index contributed by atoms with van der Waals surface area (Å²) in [5, 5.41) is 10.3. The third kappa shape index (κ3) is 4.18. The Labute approximate surface area is 131 Å². The summed E-state index contributed by atoms with van der Waals surface area (Å²) in [6, 6.07) is 16.0. The Kier molecular flexibility index (Phi) is 4.99. The first kappa shape index (κ1) is 16.2. The highest BCUT2D eigenvalue weighted by atomic mass is 16.5. The number of ketones is 1. The number of Topliss-reactive ketones (excluding diaryl/α,β-unsaturated/α-hetero) is 1. The summed E-state index contributed by atoms with van der Waals surface area (Å²) >= 11 is 0. The smallest absolute Gasteiger partial charge is 0.199 e. The zero-order chi connectivity index (χ0) is 16.2. The van der Waals surface area contributed by atoms with Gasteiger partial charge in [-0.2, -0.15) is 0 Å². The summed E-state index contributed by atoms with van der Waals surface area (Å²) in [5.74, 6) is 0.160. The maximum absolute atomic E-state index is 12.6. The minimum atomic E-state index is -1.18. The van der Waals surface area contributed by atoms with Crippen molar-refractivity contribution in [3.05, 3.63) is 65.7 Å². The van der Waals surface area contributed by atoms with E-state index in [9.17, 15) is 9.90 Å². The molecule has 0 bridgehead atoms. The predicted molar refractivity (Wildman–Crippen MR) is 87.1 cm³/mol. The van der Waals surface area contributed by atoms with Gasteiger partial charge < -0.3 is 9.84 Å². The topological polar surface area (TPSA) is 46.5 Å². The molecule has 1 N–H and O–H groups in total. The largest absolute Gasteiger partial charge is 0.492 e. The molecular formula is C19H22O3. The summed E-state index contributed by atoms with van der Waals surface area (Å²) in [4.78, 5) is 12.6. The molecule has 2 aromatic rings. The zero-order valence-corrected chi connectivity index (χ0v) is 13.2. The van der Waals surface area contributed by atoms with Crippen molar-refractivity contribution in [1.29, 1.82) is 0 Å². The van der Waals surface area contributed by atoms with Gasteiger partial charge in [0, 0.05) is 0 Å². The van der Waals surface area contributed by atoms with Crippen LogP contribution in [0, 0.1) is 5.41 Å². The lowest BCUT2D eigenvalue weighted by atomic mass is 9.97. The molecule has 0 heterocycles. The number of carbonyl (C=O) groups excluding carboxylic acids is 1. The molecule has 0 aliphatic heterocycles. The van der Waals surface area contributed by atoms with Gasteiger partial charge in [0.1, 0.15) is 11.9 Å². The van der Waals surface area contributed by atoms with E-state index in [0.717, 1.165) is 0 Å². The summed E-state index contributed by atoms with van der Waals surface area (Å²) in [7, 11) is 0. The Balaban J connectivity index is 2.23. The van der Waals surface area contributed by atoms with Crippen molar-refractivity contribution >= 4 is 5.78 Å². The van der Waals surface area contributed by atoms with Crippen LogP contribution in [0.1, 0.15) is 42.8 Å². The van der Waals surface area contributed by atoms with Gasteiger partial charge in [0.15, 0.2) is 5.78 Å². The molecule has 116 valence electrons. The van der Waals surface area contributed by atoms with E-state index in [1.165, 1.54) is 0 Å². The first-order chi connectivity index (χ1) is 10.4. The van der Waals surface area contributed by atoms with E-state index >= 15 is 0 Å². The van der Waals surface area contributed by atoms with Crippen LogP contribution in [0.3, 0.4) is 0 Å². The number of benzene rings is 2. The van der Waals surface area contributed by atoms with Crippen LogP contribution in [0.15, 0.2) is 54.6 Å². The molecule has 3 heteroatoms. The molecule has 0 aliphatic rings. The lowest BCUT2D eigenvalue weighted by Crippen LogP contribution is -2.19. The number of aliphatic hydroxyl groups is 1. The van der Waals surface area contributed by atoms with Crippen LogP contribution in [0.2, 0.25) is 0 Å². The van der Waals surface area contributed by atoms with E-state index in [1.54, 1.807) is 42.5 Å². The van der Waals surface area contributed by atoms with Gasteiger partial charge in [-0.1, -0.05) is 63.2 Å². The van der Waals surface area contributed by atoms with Crippen molar-refractivity contribution in [1.82, 2.24) is 0 Å². The van der Waals surface area contributed by atoms with Crippen LogP contribution in [0.4, 0.5) is 0 Å². The molecule has 0 amide bonds. The van der Waals surface area contributed by atoms with Gasteiger partial charge >= 0.3 is 0 Å². The Morgan fingerprint density at radius 1 is 1.05 bits per heavy atom. The fourth-order valence-corrected chi connectivity index (χ4v) is 2.02. The maximum Gasteiger partial charge on any atom is 0.199 e. The van der Waals surface area contributed by atoms with Crippen LogP contribution in [0.5, 0.6) is 5.75 Å². The quantitative estimate of drug-likeness (QED) is 0.848. The standard InChI is InChI=1S/C19H22O3/c1-19(2,3)13-22-16-12-8-7-11-15(16)18(21)17(20)14-9-5-4-6-10-14/h4-12,17,20H,13H2,1-3H3. The molecule has 0 saturated heterocycles. The molecule has 0 saturated carbocycles. The Morgan fingerprint density at radius 2 is 1.64 bits per heavy atom. The van der Waals surface area contributed by atoms with Crippen LogP contribution >= 0.6 is 0 Å². The van der Waals surface area contributed by atoms with E-state index in [-0.39, 0.29) is 11.2 Å². The molecular weight excluding hydrogens is 276 g/mol. The SMILES string of the molecule is CC(C)(C)COc1ccccc1C(=O)C(O)c1ccccc1. The average Bonchev–Trinajstić information content (AvgIpc) is 2.52. The molecule has 0 fully saturated rings. The van der Waals surface area contributed by atoms with Gasteiger partial charge in [-0.3, -0.25) is 4.79 Å². The molecule has 2 rings (SSSR count). The van der Waals surface area contributed by atoms with E-state index in [2.05, 4.69) is 20.8 Å². The molecule has 1 atom stereocenters. The summed E-state index contributed by atoms with van der Waals surface area (Å²) in [6.45, 7) is 6.70. The van der Waals surface area contributed by atoms with Crippen LogP contribution in [-0.4, -0.2) is 17.5 Å². The Hall–Kier alpha value is -2.13. The Morgan fingerprint density at radius 3 is 2.27 bits per heavy atom. The summed E-state index contributed by atoms with van der Waals surface area (Å²) in [6.07, 6.45) is -1.18. The number of hydrogen-bond acceptors (Lipinski definition) is 3. The third-order valence-electron chi connectivity index (χ3n) is 3.18. The Bertz CT molecular complexity index is 627. The first-order valence-corrected chi connectivity index (χ1v) is 7.37. The minimum Gasteiger partial charge on any atom is -0.492 e. The van der Waals surface area contributed by atoms with Crippen LogP contribution < -0.4 is 4.74 Å². The number of rotatable bonds is 5. The highest BCUT2D eigenvalue weighted by molar-refractivity contribution is 6.02. The van der Waals surface area contributed by atoms with Gasteiger partial charge in [0.05, 0.1) is 12.2 Å². The highest BCUT2D eigenvalue weighted by Gasteiger charge is 2.23. The van der Waals surface area contributed by atoms with E-state index in [0.29, 0.717) is 23.5 Å². The average molecular weight is 298 g/mol. The highest BCUT2D eigenvalue weighted by Crippen LogP contribution is 2.26. The molecule has 0 aliphatic carbocycles. The normalized spacial score (nSPS) is 12.7. The second kappa shape index (κ2) is 6.75. The van der Waals surface area contributed by atoms with Gasteiger partial charge in [0.2, 0.25) is 0 Å². The molecule has 0 aromatic heterocycles. The number of ether oxygens (including phenoxy) is 1. The molecule has 0 spiro atoms. The lowest BCUT2D eigenvalue weighted by molar-refractivity contribution is 0.0741. The fraction of sp³-hybridized carbons (Fsp3) is 0.316. The molecule has 0 radical (unpaired) electrons. The van der Waals surface area contributed by atoms with Crippen molar-refractivity contribution in [2.75, 3.05) is 6.61 Å². The van der Waals surface area contributed by atoms with Gasteiger partial charge in [0.25, 0.3) is 0 Å². The molecule has 22 heavy (non-hydrogen) atoms. The van der Waals surface area contributed by atoms with Crippen molar-refractivity contribution in [3.63, 3.8) is 0 Å². The zero-order valence-electron chi connectivity index (χ0n) is 13.2. The van der Waals surface area contributed by atoms with Crippen molar-refractivity contribution in [2.24, 2.45) is 5.41 Å². The number of carbonyl (C=O) groups is 1. The maximum atomic E-state index is 12.6. The molecule has 2 aromatic carbocycles. The monoisotopic (exact) mass is 298 g/mol. The molecule has 3 nitrogen and oxygen atoms in total. The van der Waals surface area contributed by atoms with Crippen molar-refractivity contribution in [3.8, 4) is 5.75 Å². The lowest BCUT2D eigenvalue weighted by Gasteiger charge is -2.20. The van der Waals surface area contributed by atoms with Crippen LogP contribution in [0.25, 0.3) is 0 Å². The second-order valence-electron chi connectivity index (χ2n) is 6.52. The van der Waals surface area contributed by atoms with E-state index in [1.807, 2.05) is 12.1 Å². The van der Waals surface area contributed by atoms with Crippen molar-refractivity contribution < 1.29 is 14.6 Å². The van der Waals surface area contributed by atoms with Gasteiger partial charge in [-0.05, 0) is 23.1 Å². The summed E-state index contributed by atoms with van der Waals surface area (Å²) in [5.41, 5.74) is 0.981. The third-order valence-corrected chi connectivity index (χ3v) is 3.18. The van der Waals surface area contributed by atoms with Gasteiger partial charge in [-0.15, -0.1) is 0 Å². The number of para-hydroxylation sites is 1. The minimum absolute atomic E-state index is 0.00575. The fourth-order valence-electron chi connectivity index (χ4n) is 2.02. The van der Waals surface area contributed by atoms with Gasteiger partial charge in [-0.25, -0.2) is 0 Å². The number of hydrogen-bond donors (Lipinski definition) is 1. The predicted octanol–water partition coefficient (Wildman–Crippen LogP) is 4.03. The van der Waals surface area contributed by atoms with Crippen molar-refractivity contribution in [2.45, 2.75) is 26.9 Å². The van der Waals surface area contributed by atoms with E-state index < -0.39 is 6.10 Å². The van der Waals surface area contributed by atoms with E-state index in [4.69, 9.17) is 4.74 Å². The molecule has 1 unspecified atom stereocenters. The summed E-state index contributed by atoms with van der Waals surface area (Å²) < 4.78 is 5.78. The van der Waals surface area contributed by atoms with Crippen LogP contribution in [-0.2, 0) is 0 Å².